The van der Waals surface area contributed by atoms with Crippen LogP contribution in [0.3, 0.4) is 0 Å². The van der Waals surface area contributed by atoms with E-state index in [0.717, 1.165) is 31.5 Å². The van der Waals surface area contributed by atoms with Crippen molar-refractivity contribution in [3.63, 3.8) is 0 Å². The lowest BCUT2D eigenvalue weighted by molar-refractivity contribution is -0.133. The fraction of sp³-hybridized carbons (Fsp3) is 0.462. The smallest absolute Gasteiger partial charge is 0.222 e. The number of halogens is 1. The normalized spacial score (nSPS) is 23.6. The average Bonchev–Trinajstić information content (AvgIpc) is 3.14. The van der Waals surface area contributed by atoms with Gasteiger partial charge in [-0.2, -0.15) is 0 Å². The van der Waals surface area contributed by atoms with Gasteiger partial charge in [-0.15, -0.1) is 0 Å². The Bertz CT molecular complexity index is 943. The van der Waals surface area contributed by atoms with Gasteiger partial charge in [-0.3, -0.25) is 9.59 Å². The van der Waals surface area contributed by atoms with Crippen molar-refractivity contribution in [3.05, 3.63) is 71.0 Å². The van der Waals surface area contributed by atoms with E-state index in [2.05, 4.69) is 36.5 Å². The number of hydrogen-bond acceptors (Lipinski definition) is 2. The van der Waals surface area contributed by atoms with Gasteiger partial charge in [0.15, 0.2) is 0 Å². The number of nitrogens with one attached hydrogen (secondary N) is 1. The molecule has 0 aliphatic carbocycles. The second-order valence-corrected chi connectivity index (χ2v) is 9.17. The maximum Gasteiger partial charge on any atom is 0.222 e. The van der Waals surface area contributed by atoms with Crippen molar-refractivity contribution in [1.82, 2.24) is 10.2 Å². The van der Waals surface area contributed by atoms with Gasteiger partial charge in [-0.25, -0.2) is 4.39 Å². The Balaban J connectivity index is 1.40. The fourth-order valence-electron chi connectivity index (χ4n) is 5.18. The van der Waals surface area contributed by atoms with Crippen molar-refractivity contribution >= 4 is 11.8 Å². The molecule has 31 heavy (non-hydrogen) atoms. The second-order valence-electron chi connectivity index (χ2n) is 9.17. The molecule has 0 radical (unpaired) electrons. The summed E-state index contributed by atoms with van der Waals surface area (Å²) in [6.45, 7) is 3.71. The van der Waals surface area contributed by atoms with Gasteiger partial charge in [-0.05, 0) is 67.9 Å². The third-order valence-electron chi connectivity index (χ3n) is 6.91. The molecular weight excluding hydrogens is 391 g/mol. The molecule has 2 saturated heterocycles. The van der Waals surface area contributed by atoms with Gasteiger partial charge in [-0.1, -0.05) is 36.4 Å². The number of rotatable bonds is 6. The monoisotopic (exact) mass is 422 g/mol. The van der Waals surface area contributed by atoms with Crippen molar-refractivity contribution in [2.24, 2.45) is 0 Å². The summed E-state index contributed by atoms with van der Waals surface area (Å²) in [6.07, 6.45) is 4.97. The number of benzene rings is 2. The van der Waals surface area contributed by atoms with Crippen LogP contribution in [0.15, 0.2) is 48.5 Å². The molecule has 2 aromatic rings. The second kappa shape index (κ2) is 9.21. The highest BCUT2D eigenvalue weighted by Gasteiger charge is 2.38. The largest absolute Gasteiger partial charge is 0.350 e. The topological polar surface area (TPSA) is 49.4 Å². The third kappa shape index (κ3) is 5.15. The maximum absolute atomic E-state index is 13.3. The number of piperidine rings is 1. The van der Waals surface area contributed by atoms with E-state index >= 15 is 0 Å². The van der Waals surface area contributed by atoms with Crippen molar-refractivity contribution in [2.45, 2.75) is 63.3 Å². The Labute approximate surface area is 183 Å². The van der Waals surface area contributed by atoms with Crippen molar-refractivity contribution in [2.75, 3.05) is 13.1 Å². The molecule has 4 nitrogen and oxygen atoms in total. The Morgan fingerprint density at radius 2 is 1.97 bits per heavy atom. The summed E-state index contributed by atoms with van der Waals surface area (Å²) in [5, 5.41) is 3.13. The molecule has 2 fully saturated rings. The van der Waals surface area contributed by atoms with Gasteiger partial charge in [0.2, 0.25) is 11.8 Å². The molecule has 2 aliphatic heterocycles. The maximum atomic E-state index is 13.3. The number of aryl methyl sites for hydroxylation is 1. The Kier molecular flexibility index (Phi) is 6.40. The van der Waals surface area contributed by atoms with Gasteiger partial charge in [0.1, 0.15) is 5.82 Å². The number of nitrogens with zero attached hydrogens (tertiary/aromatic N) is 1. The molecule has 5 heteroatoms. The fourth-order valence-corrected chi connectivity index (χ4v) is 5.18. The number of carbonyl (C=O) groups is 2. The molecule has 0 spiro atoms. The number of likely N-dealkylation sites (tertiary alicyclic amines) is 1. The number of amides is 2. The lowest BCUT2D eigenvalue weighted by atomic mass is 9.84. The molecule has 0 saturated carbocycles. The molecule has 2 aromatic carbocycles. The summed E-state index contributed by atoms with van der Waals surface area (Å²) in [6, 6.07) is 14.9. The third-order valence-corrected chi connectivity index (χ3v) is 6.91. The molecule has 0 aromatic heterocycles. The van der Waals surface area contributed by atoms with Gasteiger partial charge in [0.25, 0.3) is 0 Å². The van der Waals surface area contributed by atoms with Crippen LogP contribution in [0.1, 0.15) is 61.1 Å². The van der Waals surface area contributed by atoms with E-state index in [1.54, 1.807) is 12.1 Å². The highest BCUT2D eigenvalue weighted by Crippen LogP contribution is 2.32. The van der Waals surface area contributed by atoms with Crippen LogP contribution in [0.5, 0.6) is 0 Å². The van der Waals surface area contributed by atoms with Crippen LogP contribution in [-0.2, 0) is 16.0 Å². The average molecular weight is 423 g/mol. The minimum absolute atomic E-state index is 0.0344. The van der Waals surface area contributed by atoms with E-state index in [4.69, 9.17) is 0 Å². The van der Waals surface area contributed by atoms with E-state index in [9.17, 15) is 14.0 Å². The molecule has 2 aliphatic rings. The van der Waals surface area contributed by atoms with Crippen LogP contribution in [0.2, 0.25) is 0 Å². The lowest BCUT2D eigenvalue weighted by Gasteiger charge is -2.35. The van der Waals surface area contributed by atoms with E-state index in [-0.39, 0.29) is 17.6 Å². The van der Waals surface area contributed by atoms with E-state index in [0.29, 0.717) is 38.0 Å². The highest BCUT2D eigenvalue weighted by atomic mass is 19.1. The Morgan fingerprint density at radius 1 is 1.19 bits per heavy atom. The number of carbonyl (C=O) groups excluding carboxylic acids is 2. The summed E-state index contributed by atoms with van der Waals surface area (Å²) >= 11 is 0. The van der Waals surface area contributed by atoms with Crippen LogP contribution in [0.25, 0.3) is 0 Å². The zero-order valence-corrected chi connectivity index (χ0v) is 18.2. The number of hydrogen-bond donors (Lipinski definition) is 1. The first-order chi connectivity index (χ1) is 14.9. The zero-order valence-electron chi connectivity index (χ0n) is 18.2. The summed E-state index contributed by atoms with van der Waals surface area (Å²) in [5.74, 6) is 0.320. The molecule has 164 valence electrons. The zero-order chi connectivity index (χ0) is 21.8. The summed E-state index contributed by atoms with van der Waals surface area (Å²) in [4.78, 5) is 27.1. The van der Waals surface area contributed by atoms with Crippen molar-refractivity contribution < 1.29 is 14.0 Å². The van der Waals surface area contributed by atoms with Crippen LogP contribution < -0.4 is 5.32 Å². The summed E-state index contributed by atoms with van der Waals surface area (Å²) in [7, 11) is 0. The molecular formula is C26H31FN2O2. The van der Waals surface area contributed by atoms with Crippen LogP contribution in [0, 0.1) is 12.7 Å². The Hall–Kier alpha value is -2.69. The van der Waals surface area contributed by atoms with Crippen LogP contribution in [-0.4, -0.2) is 35.3 Å². The molecule has 0 bridgehead atoms. The molecule has 2 amide bonds. The molecule has 2 atom stereocenters. The standard InChI is InChI=1S/C26H31FN2O2/c1-19-5-2-3-7-23(19)21-6-4-16-29(18-21)25(31)13-15-26(14-12-24(30)28-26)17-20-8-10-22(27)11-9-20/h2-3,5,7-11,21H,4,6,12-18H2,1H3,(H,28,30)/t21-,26-/m0/s1. The first-order valence-corrected chi connectivity index (χ1v) is 11.3. The minimum atomic E-state index is -0.421. The first-order valence-electron chi connectivity index (χ1n) is 11.3. The predicted octanol–water partition coefficient (Wildman–Crippen LogP) is 4.51. The minimum Gasteiger partial charge on any atom is -0.350 e. The van der Waals surface area contributed by atoms with Gasteiger partial charge in [0, 0.05) is 37.4 Å². The summed E-state index contributed by atoms with van der Waals surface area (Å²) in [5.41, 5.74) is 3.19. The first kappa shape index (κ1) is 21.5. The Morgan fingerprint density at radius 3 is 2.68 bits per heavy atom. The van der Waals surface area contributed by atoms with Crippen LogP contribution in [0.4, 0.5) is 4.39 Å². The molecule has 1 N–H and O–H groups in total. The van der Waals surface area contributed by atoms with Crippen molar-refractivity contribution in [3.8, 4) is 0 Å². The SMILES string of the molecule is Cc1ccccc1[C@H]1CCCN(C(=O)CC[C@]2(Cc3ccc(F)cc3)CCC(=O)N2)C1. The van der Waals surface area contributed by atoms with Gasteiger partial charge < -0.3 is 10.2 Å². The quantitative estimate of drug-likeness (QED) is 0.745. The molecule has 4 rings (SSSR count). The lowest BCUT2D eigenvalue weighted by Crippen LogP contribution is -2.45. The molecule has 2 heterocycles. The van der Waals surface area contributed by atoms with Crippen molar-refractivity contribution in [1.29, 1.82) is 0 Å². The van der Waals surface area contributed by atoms with E-state index < -0.39 is 5.54 Å². The van der Waals surface area contributed by atoms with Gasteiger partial charge >= 0.3 is 0 Å². The van der Waals surface area contributed by atoms with E-state index in [1.165, 1.54) is 23.3 Å². The highest BCUT2D eigenvalue weighted by molar-refractivity contribution is 5.80. The van der Waals surface area contributed by atoms with Crippen LogP contribution >= 0.6 is 0 Å². The predicted molar refractivity (Wildman–Crippen MR) is 119 cm³/mol. The van der Waals surface area contributed by atoms with E-state index in [1.807, 2.05) is 4.90 Å². The van der Waals surface area contributed by atoms with Gasteiger partial charge in [0.05, 0.1) is 0 Å². The molecule has 0 unspecified atom stereocenters. The summed E-state index contributed by atoms with van der Waals surface area (Å²) < 4.78 is 13.3.